The Balaban J connectivity index is 1.95. The lowest BCUT2D eigenvalue weighted by molar-refractivity contribution is -0.347. The second kappa shape index (κ2) is 14.4. The molecular formula is C29H38O14. The van der Waals surface area contributed by atoms with Crippen LogP contribution in [0.3, 0.4) is 0 Å². The largest absolute Gasteiger partial charge is 0.481 e. The van der Waals surface area contributed by atoms with E-state index in [0.717, 1.165) is 5.56 Å². The van der Waals surface area contributed by atoms with Gasteiger partial charge in [-0.1, -0.05) is 43.8 Å². The Morgan fingerprint density at radius 1 is 1.07 bits per heavy atom. The Kier molecular flexibility index (Phi) is 11.4. The maximum absolute atomic E-state index is 12.6. The number of aliphatic hydroxyl groups is 1. The highest BCUT2D eigenvalue weighted by Crippen LogP contribution is 2.54. The number of ether oxygens (including phenoxy) is 6. The first kappa shape index (κ1) is 34.1. The van der Waals surface area contributed by atoms with Crippen LogP contribution in [0.1, 0.15) is 32.3 Å². The summed E-state index contributed by atoms with van der Waals surface area (Å²) in [5, 5.41) is 41.2. The van der Waals surface area contributed by atoms with E-state index >= 15 is 0 Å². The van der Waals surface area contributed by atoms with Crippen LogP contribution in [0.2, 0.25) is 0 Å². The predicted molar refractivity (Wildman–Crippen MR) is 145 cm³/mol. The molecule has 0 aromatic heterocycles. The molecule has 43 heavy (non-hydrogen) atoms. The van der Waals surface area contributed by atoms with E-state index < -0.39 is 72.4 Å². The second-order valence-corrected chi connectivity index (χ2v) is 10.6. The smallest absolute Gasteiger partial charge is 0.340 e. The van der Waals surface area contributed by atoms with Gasteiger partial charge in [0, 0.05) is 26.4 Å². The maximum atomic E-state index is 12.6. The first-order valence-corrected chi connectivity index (χ1v) is 13.6. The molecule has 3 rings (SSSR count). The number of rotatable bonds is 17. The molecule has 2 heterocycles. The number of fused-ring (bicyclic) bond motifs is 2. The van der Waals surface area contributed by atoms with Gasteiger partial charge in [-0.25, -0.2) is 9.59 Å². The van der Waals surface area contributed by atoms with Gasteiger partial charge in [0.05, 0.1) is 13.2 Å². The van der Waals surface area contributed by atoms with Gasteiger partial charge >= 0.3 is 23.9 Å². The van der Waals surface area contributed by atoms with Crippen LogP contribution in [0, 0.1) is 11.8 Å². The lowest BCUT2D eigenvalue weighted by Crippen LogP contribution is -2.65. The van der Waals surface area contributed by atoms with Gasteiger partial charge in [-0.3, -0.25) is 9.59 Å². The van der Waals surface area contributed by atoms with Gasteiger partial charge in [-0.15, -0.1) is 0 Å². The van der Waals surface area contributed by atoms with Crippen molar-refractivity contribution in [3.63, 3.8) is 0 Å². The summed E-state index contributed by atoms with van der Waals surface area (Å²) in [7, 11) is 1.44. The fourth-order valence-electron chi connectivity index (χ4n) is 5.67. The Morgan fingerprint density at radius 2 is 1.74 bits per heavy atom. The van der Waals surface area contributed by atoms with E-state index in [-0.39, 0.29) is 32.0 Å². The summed E-state index contributed by atoms with van der Waals surface area (Å²) in [6.45, 7) is 6.90. The van der Waals surface area contributed by atoms with Crippen LogP contribution in [0.4, 0.5) is 0 Å². The standard InChI is InChI=1S/C29H38O14/c1-16(21(41-18(3)30)17(2)14-19-8-6-5-7-9-19)10-11-28-24(40-15-39-13-12-38-4)23(31)29(43-28,27(36)37)20(25(32)33)22(42-28)26(34)35/h5-9,17,20-24,31H,1,10-15H2,2-4H3,(H,32,33)(H,34,35)(H,36,37). The van der Waals surface area contributed by atoms with Crippen molar-refractivity contribution in [2.75, 3.05) is 27.1 Å². The van der Waals surface area contributed by atoms with E-state index in [1.54, 1.807) is 0 Å². The van der Waals surface area contributed by atoms with E-state index in [9.17, 15) is 39.6 Å². The van der Waals surface area contributed by atoms with Crippen LogP contribution in [0.15, 0.2) is 42.5 Å². The molecule has 2 bridgehead atoms. The number of aliphatic hydroxyl groups excluding tert-OH is 1. The third-order valence-corrected chi connectivity index (χ3v) is 7.61. The molecule has 2 saturated heterocycles. The van der Waals surface area contributed by atoms with Crippen LogP contribution < -0.4 is 0 Å². The van der Waals surface area contributed by atoms with Crippen LogP contribution in [-0.4, -0.2) is 107 Å². The molecule has 2 aliphatic heterocycles. The summed E-state index contributed by atoms with van der Waals surface area (Å²) < 4.78 is 32.9. The molecule has 238 valence electrons. The van der Waals surface area contributed by atoms with E-state index in [2.05, 4.69) is 6.58 Å². The van der Waals surface area contributed by atoms with Gasteiger partial charge in [0.25, 0.3) is 0 Å². The molecule has 8 atom stereocenters. The lowest BCUT2D eigenvalue weighted by atomic mass is 9.79. The second-order valence-electron chi connectivity index (χ2n) is 10.6. The predicted octanol–water partition coefficient (Wildman–Crippen LogP) is 1.23. The van der Waals surface area contributed by atoms with Crippen molar-refractivity contribution < 1.29 is 68.0 Å². The summed E-state index contributed by atoms with van der Waals surface area (Å²) in [5.74, 6) is -11.0. The van der Waals surface area contributed by atoms with E-state index in [1.165, 1.54) is 14.0 Å². The summed E-state index contributed by atoms with van der Waals surface area (Å²) in [6, 6.07) is 9.45. The molecule has 2 aliphatic rings. The zero-order chi connectivity index (χ0) is 31.9. The third kappa shape index (κ3) is 7.22. The van der Waals surface area contributed by atoms with Crippen LogP contribution >= 0.6 is 0 Å². The fraction of sp³-hybridized carbons (Fsp3) is 0.586. The van der Waals surface area contributed by atoms with Crippen LogP contribution in [-0.2, 0) is 54.0 Å². The molecular weight excluding hydrogens is 572 g/mol. The van der Waals surface area contributed by atoms with E-state index in [4.69, 9.17) is 28.4 Å². The Labute approximate surface area is 248 Å². The summed E-state index contributed by atoms with van der Waals surface area (Å²) in [6.07, 6.45) is -6.82. The SMILES string of the molecule is C=C(CCC12OC(C(=O)O)C(C(=O)O)C(C(=O)O)(O1)C(O)C2OCOCCOC)C(OC(C)=O)C(C)Cc1ccccc1. The molecule has 1 aromatic rings. The highest BCUT2D eigenvalue weighted by Gasteiger charge is 2.78. The minimum atomic E-state index is -2.94. The van der Waals surface area contributed by atoms with Crippen LogP contribution in [0.5, 0.6) is 0 Å². The van der Waals surface area contributed by atoms with Gasteiger partial charge in [-0.2, -0.15) is 0 Å². The fourth-order valence-corrected chi connectivity index (χ4v) is 5.67. The minimum Gasteiger partial charge on any atom is -0.481 e. The molecule has 0 spiro atoms. The zero-order valence-corrected chi connectivity index (χ0v) is 24.2. The van der Waals surface area contributed by atoms with Crippen molar-refractivity contribution in [3.8, 4) is 0 Å². The number of hydrogen-bond donors (Lipinski definition) is 4. The molecule has 0 aliphatic carbocycles. The Morgan fingerprint density at radius 3 is 2.30 bits per heavy atom. The van der Waals surface area contributed by atoms with Crippen molar-refractivity contribution >= 4 is 23.9 Å². The number of esters is 1. The number of carboxylic acid groups (broad SMARTS) is 3. The van der Waals surface area contributed by atoms with Crippen molar-refractivity contribution in [2.45, 2.75) is 68.9 Å². The monoisotopic (exact) mass is 610 g/mol. The lowest BCUT2D eigenvalue weighted by Gasteiger charge is -2.44. The van der Waals surface area contributed by atoms with E-state index in [0.29, 0.717) is 12.0 Å². The van der Waals surface area contributed by atoms with Gasteiger partial charge in [0.1, 0.15) is 31.0 Å². The third-order valence-electron chi connectivity index (χ3n) is 7.61. The average molecular weight is 611 g/mol. The van der Waals surface area contributed by atoms with E-state index in [1.807, 2.05) is 37.3 Å². The number of methoxy groups -OCH3 is 1. The number of carbonyl (C=O) groups excluding carboxylic acids is 1. The highest BCUT2D eigenvalue weighted by atomic mass is 16.8. The number of carboxylic acids is 3. The van der Waals surface area contributed by atoms with Crippen LogP contribution in [0.25, 0.3) is 0 Å². The van der Waals surface area contributed by atoms with Crippen molar-refractivity contribution in [1.82, 2.24) is 0 Å². The molecule has 14 nitrogen and oxygen atoms in total. The molecule has 1 aromatic carbocycles. The minimum absolute atomic E-state index is 0.0633. The topological polar surface area (TPSA) is 205 Å². The average Bonchev–Trinajstić information content (AvgIpc) is 3.14. The van der Waals surface area contributed by atoms with Gasteiger partial charge in [-0.05, 0) is 24.0 Å². The van der Waals surface area contributed by atoms with Crippen molar-refractivity contribution in [2.24, 2.45) is 11.8 Å². The Bertz CT molecular complexity index is 1170. The molecule has 2 fully saturated rings. The molecule has 0 saturated carbocycles. The molecule has 0 radical (unpaired) electrons. The van der Waals surface area contributed by atoms with Gasteiger partial charge in [0.2, 0.25) is 5.60 Å². The number of carbonyl (C=O) groups is 4. The molecule has 0 amide bonds. The summed E-state index contributed by atoms with van der Waals surface area (Å²) in [4.78, 5) is 49.0. The normalized spacial score (nSPS) is 29.4. The highest BCUT2D eigenvalue weighted by molar-refractivity contribution is 5.92. The first-order valence-electron chi connectivity index (χ1n) is 13.6. The van der Waals surface area contributed by atoms with Crippen molar-refractivity contribution in [1.29, 1.82) is 0 Å². The van der Waals surface area contributed by atoms with Gasteiger partial charge < -0.3 is 48.8 Å². The number of aliphatic carboxylic acids is 3. The molecule has 8 unspecified atom stereocenters. The van der Waals surface area contributed by atoms with Gasteiger partial charge in [0.15, 0.2) is 11.9 Å². The number of hydrogen-bond acceptors (Lipinski definition) is 11. The zero-order valence-electron chi connectivity index (χ0n) is 24.2. The maximum Gasteiger partial charge on any atom is 0.340 e. The first-order chi connectivity index (χ1) is 20.3. The summed E-state index contributed by atoms with van der Waals surface area (Å²) in [5.41, 5.74) is -1.60. The molecule has 4 N–H and O–H groups in total. The molecule has 14 heteroatoms. The number of benzene rings is 1. The Hall–Kier alpha value is -3.40. The van der Waals surface area contributed by atoms with Crippen molar-refractivity contribution in [3.05, 3.63) is 48.0 Å². The quantitative estimate of drug-likeness (QED) is 0.0848. The summed E-state index contributed by atoms with van der Waals surface area (Å²) >= 11 is 0.